The summed E-state index contributed by atoms with van der Waals surface area (Å²) in [6.45, 7) is 18.5. The van der Waals surface area contributed by atoms with E-state index in [-0.39, 0.29) is 0 Å². The Hall–Kier alpha value is -2.07. The van der Waals surface area contributed by atoms with E-state index in [4.69, 9.17) is 4.74 Å². The van der Waals surface area contributed by atoms with Crippen LogP contribution in [0.5, 0.6) is 0 Å². The Labute approximate surface area is 159 Å². The lowest BCUT2D eigenvalue weighted by Crippen LogP contribution is -2.32. The van der Waals surface area contributed by atoms with E-state index in [0.29, 0.717) is 5.88 Å². The van der Waals surface area contributed by atoms with Crippen molar-refractivity contribution in [1.29, 1.82) is 0 Å². The van der Waals surface area contributed by atoms with Crippen molar-refractivity contribution >= 4 is 6.21 Å². The highest BCUT2D eigenvalue weighted by Crippen LogP contribution is 2.22. The van der Waals surface area contributed by atoms with Crippen LogP contribution in [0, 0.1) is 0 Å². The largest absolute Gasteiger partial charge is 0.464 e. The lowest BCUT2D eigenvalue weighted by atomic mass is 10.1. The van der Waals surface area contributed by atoms with Gasteiger partial charge in [0.1, 0.15) is 0 Å². The number of aliphatic imine (C=N–C) groups is 1. The zero-order chi connectivity index (χ0) is 19.4. The summed E-state index contributed by atoms with van der Waals surface area (Å²) in [7, 11) is 0. The molecule has 0 aromatic carbocycles. The third kappa shape index (κ3) is 7.44. The molecule has 0 spiro atoms. The molecular formula is C22H35N3O. The molecule has 4 nitrogen and oxygen atoms in total. The molecule has 1 aliphatic rings. The first-order valence-corrected chi connectivity index (χ1v) is 9.56. The van der Waals surface area contributed by atoms with Gasteiger partial charge >= 0.3 is 0 Å². The topological polar surface area (TPSA) is 36.9 Å². The minimum atomic E-state index is -0.626. The standard InChI is InChI=1S/C22H35N3O/c1-7-12-20-14-15-22(6,18-24-21(20)13-8-2)26-19(5)23-16-11-17-25(9-3)10-4/h7-8,12-15,18,23H,5,9-11,16-17H2,1-4,6H3/b12-7-,13-8-. The molecule has 1 heterocycles. The Morgan fingerprint density at radius 1 is 1.27 bits per heavy atom. The van der Waals surface area contributed by atoms with Crippen LogP contribution in [0.25, 0.3) is 0 Å². The van der Waals surface area contributed by atoms with Crippen LogP contribution >= 0.6 is 0 Å². The molecule has 1 aliphatic heterocycles. The summed E-state index contributed by atoms with van der Waals surface area (Å²) in [5, 5.41) is 3.27. The van der Waals surface area contributed by atoms with Gasteiger partial charge in [0.25, 0.3) is 0 Å². The van der Waals surface area contributed by atoms with Crippen molar-refractivity contribution < 1.29 is 4.74 Å². The Morgan fingerprint density at radius 3 is 2.58 bits per heavy atom. The van der Waals surface area contributed by atoms with Gasteiger partial charge in [0.2, 0.25) is 0 Å². The molecule has 1 N–H and O–H groups in total. The maximum atomic E-state index is 6.04. The predicted molar refractivity (Wildman–Crippen MR) is 113 cm³/mol. The normalized spacial score (nSPS) is 20.4. The third-order valence-electron chi connectivity index (χ3n) is 4.23. The molecule has 144 valence electrons. The fraction of sp³-hybridized carbons (Fsp3) is 0.500. The van der Waals surface area contributed by atoms with E-state index < -0.39 is 5.60 Å². The second-order valence-corrected chi connectivity index (χ2v) is 6.45. The van der Waals surface area contributed by atoms with Gasteiger partial charge in [-0.1, -0.05) is 38.2 Å². The summed E-state index contributed by atoms with van der Waals surface area (Å²) in [6.07, 6.45) is 15.0. The van der Waals surface area contributed by atoms with Crippen LogP contribution in [0.15, 0.2) is 65.2 Å². The highest BCUT2D eigenvalue weighted by Gasteiger charge is 2.23. The average Bonchev–Trinajstić information content (AvgIpc) is 2.76. The van der Waals surface area contributed by atoms with Gasteiger partial charge in [-0.05, 0) is 71.1 Å². The van der Waals surface area contributed by atoms with E-state index in [1.54, 1.807) is 0 Å². The van der Waals surface area contributed by atoms with Crippen molar-refractivity contribution in [1.82, 2.24) is 10.2 Å². The van der Waals surface area contributed by atoms with Crippen molar-refractivity contribution in [3.8, 4) is 0 Å². The van der Waals surface area contributed by atoms with Gasteiger partial charge in [-0.15, -0.1) is 0 Å². The molecule has 1 atom stereocenters. The molecule has 0 saturated heterocycles. The number of rotatable bonds is 11. The summed E-state index contributed by atoms with van der Waals surface area (Å²) in [5.41, 5.74) is 1.36. The zero-order valence-corrected chi connectivity index (χ0v) is 17.1. The van der Waals surface area contributed by atoms with Crippen molar-refractivity contribution in [3.05, 3.63) is 60.2 Å². The molecule has 0 bridgehead atoms. The van der Waals surface area contributed by atoms with E-state index >= 15 is 0 Å². The Balaban J connectivity index is 2.63. The molecule has 0 aliphatic carbocycles. The predicted octanol–water partition coefficient (Wildman–Crippen LogP) is 4.60. The van der Waals surface area contributed by atoms with Gasteiger partial charge < -0.3 is 15.0 Å². The van der Waals surface area contributed by atoms with E-state index in [0.717, 1.165) is 43.9 Å². The average molecular weight is 358 g/mol. The second kappa shape index (κ2) is 11.5. The number of ether oxygens (including phenoxy) is 1. The maximum Gasteiger partial charge on any atom is 0.180 e. The molecule has 4 heteroatoms. The summed E-state index contributed by atoms with van der Waals surface area (Å²) >= 11 is 0. The molecule has 1 rings (SSSR count). The van der Waals surface area contributed by atoms with E-state index in [2.05, 4.69) is 47.8 Å². The monoisotopic (exact) mass is 357 g/mol. The van der Waals surface area contributed by atoms with Crippen LogP contribution in [0.2, 0.25) is 0 Å². The fourth-order valence-electron chi connectivity index (χ4n) is 2.71. The molecule has 0 aromatic rings. The second-order valence-electron chi connectivity index (χ2n) is 6.45. The Kier molecular flexibility index (Phi) is 9.74. The van der Waals surface area contributed by atoms with Gasteiger partial charge in [0.05, 0.1) is 11.9 Å². The van der Waals surface area contributed by atoms with Crippen LogP contribution in [-0.4, -0.2) is 42.9 Å². The Morgan fingerprint density at radius 2 is 1.96 bits per heavy atom. The van der Waals surface area contributed by atoms with Crippen LogP contribution in [-0.2, 0) is 4.74 Å². The van der Waals surface area contributed by atoms with Crippen molar-refractivity contribution in [2.75, 3.05) is 26.2 Å². The van der Waals surface area contributed by atoms with E-state index in [9.17, 15) is 0 Å². The summed E-state index contributed by atoms with van der Waals surface area (Å²) in [5.74, 6) is 0.574. The molecule has 0 aromatic heterocycles. The van der Waals surface area contributed by atoms with Gasteiger partial charge in [-0.3, -0.25) is 4.99 Å². The summed E-state index contributed by atoms with van der Waals surface area (Å²) in [6, 6.07) is 0. The number of hydrogen-bond acceptors (Lipinski definition) is 4. The van der Waals surface area contributed by atoms with Crippen molar-refractivity contribution in [2.45, 2.75) is 46.6 Å². The first-order chi connectivity index (χ1) is 12.5. The van der Waals surface area contributed by atoms with Crippen LogP contribution in [0.1, 0.15) is 41.0 Å². The molecule has 0 amide bonds. The summed E-state index contributed by atoms with van der Waals surface area (Å²) in [4.78, 5) is 7.02. The lowest BCUT2D eigenvalue weighted by Gasteiger charge is -2.25. The van der Waals surface area contributed by atoms with Crippen molar-refractivity contribution in [2.24, 2.45) is 4.99 Å². The minimum Gasteiger partial charge on any atom is -0.464 e. The highest BCUT2D eigenvalue weighted by atomic mass is 16.5. The van der Waals surface area contributed by atoms with Gasteiger partial charge in [0, 0.05) is 6.54 Å². The van der Waals surface area contributed by atoms with Crippen LogP contribution in [0.3, 0.4) is 0 Å². The molecule has 1 unspecified atom stereocenters. The number of hydrogen-bond donors (Lipinski definition) is 1. The van der Waals surface area contributed by atoms with Crippen molar-refractivity contribution in [3.63, 3.8) is 0 Å². The zero-order valence-electron chi connectivity index (χ0n) is 17.1. The smallest absolute Gasteiger partial charge is 0.180 e. The maximum absolute atomic E-state index is 6.04. The quantitative estimate of drug-likeness (QED) is 0.434. The third-order valence-corrected chi connectivity index (χ3v) is 4.23. The number of allylic oxidation sites excluding steroid dienone is 6. The molecule has 0 saturated carbocycles. The Bertz CT molecular complexity index is 561. The first-order valence-electron chi connectivity index (χ1n) is 9.56. The molecule has 0 fully saturated rings. The number of nitrogens with one attached hydrogen (secondary N) is 1. The summed E-state index contributed by atoms with van der Waals surface area (Å²) < 4.78 is 6.04. The number of nitrogens with zero attached hydrogens (tertiary/aromatic N) is 2. The lowest BCUT2D eigenvalue weighted by molar-refractivity contribution is 0.110. The van der Waals surface area contributed by atoms with E-state index in [1.165, 1.54) is 0 Å². The molecular weight excluding hydrogens is 322 g/mol. The van der Waals surface area contributed by atoms with Crippen LogP contribution < -0.4 is 5.32 Å². The van der Waals surface area contributed by atoms with Gasteiger partial charge in [0.15, 0.2) is 11.5 Å². The van der Waals surface area contributed by atoms with Crippen LogP contribution in [0.4, 0.5) is 0 Å². The SMILES string of the molecule is C=C(NCCCN(CC)CC)OC1(C)C=CC(/C=C\C)=C(/C=C\C)N=C1. The molecule has 26 heavy (non-hydrogen) atoms. The van der Waals surface area contributed by atoms with Gasteiger partial charge in [-0.25, -0.2) is 0 Å². The van der Waals surface area contributed by atoms with Gasteiger partial charge in [-0.2, -0.15) is 0 Å². The molecule has 0 radical (unpaired) electrons. The first kappa shape index (κ1) is 22.0. The van der Waals surface area contributed by atoms with E-state index in [1.807, 2.05) is 51.3 Å². The fourth-order valence-corrected chi connectivity index (χ4v) is 2.71. The highest BCUT2D eigenvalue weighted by molar-refractivity contribution is 5.75. The minimum absolute atomic E-state index is 0.574.